The van der Waals surface area contributed by atoms with Crippen molar-refractivity contribution in [2.75, 3.05) is 31.6 Å². The number of anilines is 1. The average molecular weight is 345 g/mol. The predicted molar refractivity (Wildman–Crippen MR) is 80.8 cm³/mol. The van der Waals surface area contributed by atoms with E-state index in [0.717, 1.165) is 17.0 Å². The number of rotatable bonds is 6. The molecule has 24 heavy (non-hydrogen) atoms. The first-order valence-electron chi connectivity index (χ1n) is 7.49. The van der Waals surface area contributed by atoms with Crippen LogP contribution in [0.3, 0.4) is 0 Å². The number of nitrogens with zero attached hydrogens (tertiary/aromatic N) is 1. The Bertz CT molecular complexity index is 620. The summed E-state index contributed by atoms with van der Waals surface area (Å²) < 4.78 is 44.0. The normalized spacial score (nSPS) is 14.5. The lowest BCUT2D eigenvalue weighted by Gasteiger charge is -2.17. The maximum Gasteiger partial charge on any atom is 0.416 e. The van der Waals surface area contributed by atoms with Gasteiger partial charge < -0.3 is 15.4 Å². The molecule has 1 aromatic carbocycles. The highest BCUT2D eigenvalue weighted by Crippen LogP contribution is 2.35. The number of amides is 3. The minimum atomic E-state index is -4.50. The Balaban J connectivity index is 2.13. The average Bonchev–Trinajstić information content (AvgIpc) is 2.96. The van der Waals surface area contributed by atoms with Gasteiger partial charge in [-0.25, -0.2) is 4.79 Å². The third kappa shape index (κ3) is 4.30. The van der Waals surface area contributed by atoms with Gasteiger partial charge in [-0.2, -0.15) is 13.2 Å². The van der Waals surface area contributed by atoms with E-state index in [1.165, 1.54) is 6.07 Å². The minimum Gasteiger partial charge on any atom is -0.491 e. The predicted octanol–water partition coefficient (Wildman–Crippen LogP) is 2.46. The molecule has 1 aliphatic rings. The van der Waals surface area contributed by atoms with Crippen molar-refractivity contribution in [1.82, 2.24) is 10.2 Å². The molecule has 0 aliphatic carbocycles. The maximum absolute atomic E-state index is 12.9. The maximum atomic E-state index is 12.9. The number of imide groups is 1. The molecule has 0 aromatic heterocycles. The van der Waals surface area contributed by atoms with Crippen LogP contribution in [0.25, 0.3) is 0 Å². The number of hydrogen-bond acceptors (Lipinski definition) is 4. The number of ether oxygens (including phenoxy) is 1. The van der Waals surface area contributed by atoms with Gasteiger partial charge in [0.2, 0.25) is 5.91 Å². The largest absolute Gasteiger partial charge is 0.491 e. The van der Waals surface area contributed by atoms with Crippen LogP contribution < -0.4 is 15.4 Å². The van der Waals surface area contributed by atoms with Crippen LogP contribution in [0.2, 0.25) is 0 Å². The first kappa shape index (κ1) is 17.9. The lowest BCUT2D eigenvalue weighted by Crippen LogP contribution is -2.38. The van der Waals surface area contributed by atoms with Crippen LogP contribution in [0.15, 0.2) is 18.2 Å². The molecule has 1 heterocycles. The molecule has 0 radical (unpaired) electrons. The van der Waals surface area contributed by atoms with Crippen molar-refractivity contribution in [3.63, 3.8) is 0 Å². The molecule has 1 saturated heterocycles. The van der Waals surface area contributed by atoms with Crippen LogP contribution in [0, 0.1) is 0 Å². The molecule has 0 unspecified atom stereocenters. The van der Waals surface area contributed by atoms with Crippen molar-refractivity contribution in [1.29, 1.82) is 0 Å². The van der Waals surface area contributed by atoms with Gasteiger partial charge in [-0.3, -0.25) is 9.69 Å². The molecule has 1 aliphatic heterocycles. The van der Waals surface area contributed by atoms with Crippen LogP contribution in [-0.2, 0) is 11.0 Å². The monoisotopic (exact) mass is 345 g/mol. The van der Waals surface area contributed by atoms with Crippen LogP contribution in [0.4, 0.5) is 23.7 Å². The van der Waals surface area contributed by atoms with Crippen molar-refractivity contribution < 1.29 is 27.5 Å². The summed E-state index contributed by atoms with van der Waals surface area (Å²) in [7, 11) is 0. The fourth-order valence-electron chi connectivity index (χ4n) is 2.16. The van der Waals surface area contributed by atoms with E-state index in [0.29, 0.717) is 19.6 Å². The molecule has 0 bridgehead atoms. The summed E-state index contributed by atoms with van der Waals surface area (Å²) in [5.41, 5.74) is -0.786. The zero-order chi connectivity index (χ0) is 17.7. The van der Waals surface area contributed by atoms with Crippen molar-refractivity contribution in [3.8, 4) is 5.75 Å². The van der Waals surface area contributed by atoms with E-state index < -0.39 is 23.7 Å². The number of urea groups is 1. The van der Waals surface area contributed by atoms with Gasteiger partial charge in [0.15, 0.2) is 0 Å². The highest BCUT2D eigenvalue weighted by atomic mass is 19.4. The smallest absolute Gasteiger partial charge is 0.416 e. The van der Waals surface area contributed by atoms with E-state index in [1.54, 1.807) is 0 Å². The molecule has 0 saturated carbocycles. The zero-order valence-corrected chi connectivity index (χ0v) is 13.1. The summed E-state index contributed by atoms with van der Waals surface area (Å²) in [5.74, 6) is -0.299. The van der Waals surface area contributed by atoms with Gasteiger partial charge in [0, 0.05) is 13.1 Å². The number of carbonyl (C=O) groups is 2. The standard InChI is InChI=1S/C15H18F3N3O3/c1-2-7-24-12-4-3-10(15(16,17)18)8-11(12)20-9-13(22)21-6-5-19-14(21)23/h3-4,8,20H,2,5-7,9H2,1H3,(H,19,23). The van der Waals surface area contributed by atoms with Gasteiger partial charge in [0.05, 0.1) is 24.4 Å². The van der Waals surface area contributed by atoms with E-state index in [2.05, 4.69) is 10.6 Å². The van der Waals surface area contributed by atoms with Crippen molar-refractivity contribution in [2.24, 2.45) is 0 Å². The molecule has 1 fully saturated rings. The summed E-state index contributed by atoms with van der Waals surface area (Å²) in [5, 5.41) is 5.12. The quantitative estimate of drug-likeness (QED) is 0.831. The van der Waals surface area contributed by atoms with Gasteiger partial charge in [-0.15, -0.1) is 0 Å². The van der Waals surface area contributed by atoms with Gasteiger partial charge in [-0.05, 0) is 24.6 Å². The second-order valence-electron chi connectivity index (χ2n) is 5.19. The number of halogens is 3. The Morgan fingerprint density at radius 2 is 2.17 bits per heavy atom. The number of carbonyl (C=O) groups excluding carboxylic acids is 2. The first-order chi connectivity index (χ1) is 11.3. The molecule has 9 heteroatoms. The molecule has 0 spiro atoms. The van der Waals surface area contributed by atoms with Crippen LogP contribution in [-0.4, -0.2) is 43.1 Å². The van der Waals surface area contributed by atoms with E-state index >= 15 is 0 Å². The molecular weight excluding hydrogens is 327 g/mol. The van der Waals surface area contributed by atoms with E-state index in [1.807, 2.05) is 6.92 Å². The Kier molecular flexibility index (Phi) is 5.53. The Morgan fingerprint density at radius 3 is 2.75 bits per heavy atom. The van der Waals surface area contributed by atoms with Gasteiger partial charge >= 0.3 is 12.2 Å². The molecule has 6 nitrogen and oxygen atoms in total. The summed E-state index contributed by atoms with van der Waals surface area (Å²) >= 11 is 0. The number of alkyl halides is 3. The lowest BCUT2D eigenvalue weighted by molar-refractivity contribution is -0.137. The van der Waals surface area contributed by atoms with Gasteiger partial charge in [0.25, 0.3) is 0 Å². The van der Waals surface area contributed by atoms with Crippen molar-refractivity contribution >= 4 is 17.6 Å². The first-order valence-corrected chi connectivity index (χ1v) is 7.49. The van der Waals surface area contributed by atoms with E-state index in [9.17, 15) is 22.8 Å². The second-order valence-corrected chi connectivity index (χ2v) is 5.19. The summed E-state index contributed by atoms with van der Waals surface area (Å²) in [4.78, 5) is 24.4. The van der Waals surface area contributed by atoms with Crippen LogP contribution in [0.5, 0.6) is 5.75 Å². The highest BCUT2D eigenvalue weighted by molar-refractivity contribution is 5.97. The SMILES string of the molecule is CCCOc1ccc(C(F)(F)F)cc1NCC(=O)N1CCNC1=O. The third-order valence-corrected chi connectivity index (χ3v) is 3.36. The van der Waals surface area contributed by atoms with Gasteiger partial charge in [-0.1, -0.05) is 6.92 Å². The lowest BCUT2D eigenvalue weighted by atomic mass is 10.1. The molecule has 2 rings (SSSR count). The van der Waals surface area contributed by atoms with Crippen LogP contribution in [0.1, 0.15) is 18.9 Å². The molecule has 132 valence electrons. The fourth-order valence-corrected chi connectivity index (χ4v) is 2.16. The Labute approximate surface area is 137 Å². The van der Waals surface area contributed by atoms with E-state index in [-0.39, 0.29) is 24.5 Å². The molecule has 1 aromatic rings. The molecular formula is C15H18F3N3O3. The van der Waals surface area contributed by atoms with Gasteiger partial charge in [0.1, 0.15) is 5.75 Å². The van der Waals surface area contributed by atoms with E-state index in [4.69, 9.17) is 4.74 Å². The Hall–Kier alpha value is -2.45. The summed E-state index contributed by atoms with van der Waals surface area (Å²) in [6.45, 7) is 2.49. The van der Waals surface area contributed by atoms with Crippen LogP contribution >= 0.6 is 0 Å². The summed E-state index contributed by atoms with van der Waals surface area (Å²) in [6, 6.07) is 2.52. The number of hydrogen-bond donors (Lipinski definition) is 2. The van der Waals surface area contributed by atoms with Crippen molar-refractivity contribution in [2.45, 2.75) is 19.5 Å². The topological polar surface area (TPSA) is 70.7 Å². The molecule has 0 atom stereocenters. The second kappa shape index (κ2) is 7.41. The highest BCUT2D eigenvalue weighted by Gasteiger charge is 2.31. The summed E-state index contributed by atoms with van der Waals surface area (Å²) in [6.07, 6.45) is -3.81. The molecule has 3 amide bonds. The third-order valence-electron chi connectivity index (χ3n) is 3.36. The molecule has 2 N–H and O–H groups in total. The Morgan fingerprint density at radius 1 is 1.42 bits per heavy atom. The fraction of sp³-hybridized carbons (Fsp3) is 0.467. The van der Waals surface area contributed by atoms with Crippen molar-refractivity contribution in [3.05, 3.63) is 23.8 Å². The number of benzene rings is 1. The zero-order valence-electron chi connectivity index (χ0n) is 13.1. The number of nitrogens with one attached hydrogen (secondary N) is 2. The minimum absolute atomic E-state index is 0.0613.